The fraction of sp³-hybridized carbons (Fsp3) is 0.444. The molecular weight excluding hydrogens is 430 g/mol. The van der Waals surface area contributed by atoms with Gasteiger partial charge in [0.2, 0.25) is 5.91 Å². The van der Waals surface area contributed by atoms with Gasteiger partial charge in [-0.1, -0.05) is 44.2 Å². The number of amides is 3. The summed E-state index contributed by atoms with van der Waals surface area (Å²) in [5.41, 5.74) is 1.95. The van der Waals surface area contributed by atoms with Crippen LogP contribution in [0.2, 0.25) is 0 Å². The van der Waals surface area contributed by atoms with Crippen LogP contribution in [-0.2, 0) is 4.79 Å². The molecule has 2 N–H and O–H groups in total. The standard InChI is InChI=1S/C27H35N3O4/c1-18(2)17-28-26(32)24(29-25(31)21-10-6-5-9-19(21)3)20-13-15-30(16-14-20)27(33)22-11-7-8-12-23(22)34-4/h5-12,18,20,24H,13-17H2,1-4H3,(H,28,32)(H,29,31)/t24-/m0/s1. The predicted molar refractivity (Wildman–Crippen MR) is 132 cm³/mol. The molecule has 0 aromatic heterocycles. The number of methoxy groups -OCH3 is 1. The number of para-hydroxylation sites is 1. The van der Waals surface area contributed by atoms with E-state index in [1.54, 1.807) is 30.2 Å². The first kappa shape index (κ1) is 25.3. The van der Waals surface area contributed by atoms with Crippen LogP contribution >= 0.6 is 0 Å². The Morgan fingerprint density at radius 1 is 1.00 bits per heavy atom. The minimum absolute atomic E-state index is 0.0677. The number of hydrogen-bond donors (Lipinski definition) is 2. The van der Waals surface area contributed by atoms with Gasteiger partial charge in [0.25, 0.3) is 11.8 Å². The van der Waals surface area contributed by atoms with E-state index < -0.39 is 6.04 Å². The van der Waals surface area contributed by atoms with Gasteiger partial charge in [-0.3, -0.25) is 14.4 Å². The molecule has 2 aromatic rings. The zero-order valence-electron chi connectivity index (χ0n) is 20.5. The van der Waals surface area contributed by atoms with Crippen LogP contribution in [0.3, 0.4) is 0 Å². The van der Waals surface area contributed by atoms with Crippen LogP contribution in [0.4, 0.5) is 0 Å². The molecule has 182 valence electrons. The van der Waals surface area contributed by atoms with Gasteiger partial charge in [-0.15, -0.1) is 0 Å². The molecule has 1 atom stereocenters. The number of carbonyl (C=O) groups is 3. The van der Waals surface area contributed by atoms with Gasteiger partial charge in [0.05, 0.1) is 12.7 Å². The summed E-state index contributed by atoms with van der Waals surface area (Å²) in [6.07, 6.45) is 1.24. The molecule has 0 saturated carbocycles. The molecule has 0 unspecified atom stereocenters. The molecular formula is C27H35N3O4. The maximum absolute atomic E-state index is 13.1. The van der Waals surface area contributed by atoms with Gasteiger partial charge in [0.1, 0.15) is 11.8 Å². The van der Waals surface area contributed by atoms with Gasteiger partial charge in [-0.2, -0.15) is 0 Å². The van der Waals surface area contributed by atoms with Crippen molar-refractivity contribution in [2.24, 2.45) is 11.8 Å². The second-order valence-corrected chi connectivity index (χ2v) is 9.23. The Morgan fingerprint density at radius 2 is 1.62 bits per heavy atom. The summed E-state index contributed by atoms with van der Waals surface area (Å²) >= 11 is 0. The predicted octanol–water partition coefficient (Wildman–Crippen LogP) is 3.43. The van der Waals surface area contributed by atoms with Crippen LogP contribution in [0.1, 0.15) is 53.0 Å². The van der Waals surface area contributed by atoms with Gasteiger partial charge in [-0.25, -0.2) is 0 Å². The molecule has 1 aliphatic rings. The summed E-state index contributed by atoms with van der Waals surface area (Å²) in [5.74, 6) is 0.269. The van der Waals surface area contributed by atoms with E-state index >= 15 is 0 Å². The second kappa shape index (κ2) is 11.7. The number of carbonyl (C=O) groups excluding carboxylic acids is 3. The molecule has 1 aliphatic heterocycles. The molecule has 3 amide bonds. The zero-order chi connectivity index (χ0) is 24.7. The third kappa shape index (κ3) is 6.16. The SMILES string of the molecule is COc1ccccc1C(=O)N1CCC([C@H](NC(=O)c2ccccc2C)C(=O)NCC(C)C)CC1. The van der Waals surface area contributed by atoms with E-state index in [0.29, 0.717) is 55.3 Å². The van der Waals surface area contributed by atoms with Crippen molar-refractivity contribution in [3.8, 4) is 5.75 Å². The molecule has 1 heterocycles. The summed E-state index contributed by atoms with van der Waals surface area (Å²) in [6, 6.07) is 13.9. The van der Waals surface area contributed by atoms with E-state index in [-0.39, 0.29) is 23.6 Å². The van der Waals surface area contributed by atoms with Gasteiger partial charge in [0.15, 0.2) is 0 Å². The maximum Gasteiger partial charge on any atom is 0.257 e. The monoisotopic (exact) mass is 465 g/mol. The summed E-state index contributed by atoms with van der Waals surface area (Å²) in [4.78, 5) is 41.0. The highest BCUT2D eigenvalue weighted by Gasteiger charge is 2.34. The number of likely N-dealkylation sites (tertiary alicyclic amines) is 1. The van der Waals surface area contributed by atoms with Crippen molar-refractivity contribution in [1.29, 1.82) is 0 Å². The molecule has 1 fully saturated rings. The summed E-state index contributed by atoms with van der Waals surface area (Å²) < 4.78 is 5.34. The molecule has 34 heavy (non-hydrogen) atoms. The molecule has 7 heteroatoms. The van der Waals surface area contributed by atoms with E-state index in [2.05, 4.69) is 10.6 Å². The molecule has 0 spiro atoms. The van der Waals surface area contributed by atoms with Crippen LogP contribution < -0.4 is 15.4 Å². The Kier molecular flexibility index (Phi) is 8.68. The first-order valence-corrected chi connectivity index (χ1v) is 11.9. The lowest BCUT2D eigenvalue weighted by molar-refractivity contribution is -0.124. The lowest BCUT2D eigenvalue weighted by atomic mass is 9.88. The van der Waals surface area contributed by atoms with Crippen LogP contribution in [0, 0.1) is 18.8 Å². The first-order chi connectivity index (χ1) is 16.3. The van der Waals surface area contributed by atoms with Crippen molar-refractivity contribution in [3.63, 3.8) is 0 Å². The highest BCUT2D eigenvalue weighted by molar-refractivity contribution is 5.99. The van der Waals surface area contributed by atoms with Gasteiger partial charge in [0, 0.05) is 25.2 Å². The minimum atomic E-state index is -0.658. The van der Waals surface area contributed by atoms with Crippen molar-refractivity contribution in [2.45, 2.75) is 39.7 Å². The average molecular weight is 466 g/mol. The van der Waals surface area contributed by atoms with E-state index in [1.807, 2.05) is 51.1 Å². The van der Waals surface area contributed by atoms with Crippen molar-refractivity contribution in [1.82, 2.24) is 15.5 Å². The fourth-order valence-electron chi connectivity index (χ4n) is 4.29. The first-order valence-electron chi connectivity index (χ1n) is 11.9. The summed E-state index contributed by atoms with van der Waals surface area (Å²) in [6.45, 7) is 7.50. The highest BCUT2D eigenvalue weighted by Crippen LogP contribution is 2.26. The van der Waals surface area contributed by atoms with E-state index in [1.165, 1.54) is 0 Å². The number of rotatable bonds is 8. The minimum Gasteiger partial charge on any atom is -0.496 e. The highest BCUT2D eigenvalue weighted by atomic mass is 16.5. The fourth-order valence-corrected chi connectivity index (χ4v) is 4.29. The molecule has 7 nitrogen and oxygen atoms in total. The Bertz CT molecular complexity index is 1010. The lowest BCUT2D eigenvalue weighted by Gasteiger charge is -2.36. The maximum atomic E-state index is 13.1. The molecule has 0 radical (unpaired) electrons. The second-order valence-electron chi connectivity index (χ2n) is 9.23. The zero-order valence-corrected chi connectivity index (χ0v) is 20.5. The Labute approximate surface area is 201 Å². The van der Waals surface area contributed by atoms with Crippen LogP contribution in [0.5, 0.6) is 5.75 Å². The van der Waals surface area contributed by atoms with Crippen molar-refractivity contribution < 1.29 is 19.1 Å². The number of aryl methyl sites for hydroxylation is 1. The number of ether oxygens (including phenoxy) is 1. The lowest BCUT2D eigenvalue weighted by Crippen LogP contribution is -2.54. The van der Waals surface area contributed by atoms with Gasteiger partial charge < -0.3 is 20.3 Å². The van der Waals surface area contributed by atoms with Crippen LogP contribution in [0.25, 0.3) is 0 Å². The number of hydrogen-bond acceptors (Lipinski definition) is 4. The topological polar surface area (TPSA) is 87.7 Å². The average Bonchev–Trinajstić information content (AvgIpc) is 2.85. The molecule has 1 saturated heterocycles. The van der Waals surface area contributed by atoms with Crippen molar-refractivity contribution in [3.05, 3.63) is 65.2 Å². The Balaban J connectivity index is 1.71. The van der Waals surface area contributed by atoms with Gasteiger partial charge in [-0.05, 0) is 55.4 Å². The number of nitrogens with zero attached hydrogens (tertiary/aromatic N) is 1. The number of benzene rings is 2. The van der Waals surface area contributed by atoms with Crippen LogP contribution in [0.15, 0.2) is 48.5 Å². The Morgan fingerprint density at radius 3 is 2.24 bits per heavy atom. The third-order valence-corrected chi connectivity index (χ3v) is 6.28. The van der Waals surface area contributed by atoms with E-state index in [9.17, 15) is 14.4 Å². The molecule has 3 rings (SSSR count). The Hall–Kier alpha value is -3.35. The third-order valence-electron chi connectivity index (χ3n) is 6.28. The molecule has 0 bridgehead atoms. The number of piperidine rings is 1. The molecule has 2 aromatic carbocycles. The molecule has 0 aliphatic carbocycles. The van der Waals surface area contributed by atoms with Gasteiger partial charge >= 0.3 is 0 Å². The smallest absolute Gasteiger partial charge is 0.257 e. The normalized spacial score (nSPS) is 15.0. The largest absolute Gasteiger partial charge is 0.496 e. The number of nitrogens with one attached hydrogen (secondary N) is 2. The summed E-state index contributed by atoms with van der Waals surface area (Å²) in [7, 11) is 1.55. The van der Waals surface area contributed by atoms with E-state index in [4.69, 9.17) is 4.74 Å². The van der Waals surface area contributed by atoms with Crippen molar-refractivity contribution in [2.75, 3.05) is 26.7 Å². The van der Waals surface area contributed by atoms with Crippen molar-refractivity contribution >= 4 is 17.7 Å². The quantitative estimate of drug-likeness (QED) is 0.625. The van der Waals surface area contributed by atoms with E-state index in [0.717, 1.165) is 5.56 Å². The van der Waals surface area contributed by atoms with Crippen LogP contribution in [-0.4, -0.2) is 55.4 Å². The summed E-state index contributed by atoms with van der Waals surface area (Å²) in [5, 5.41) is 5.96.